The highest BCUT2D eigenvalue weighted by atomic mass is 16.5. The maximum absolute atomic E-state index is 13.5. The van der Waals surface area contributed by atoms with Crippen LogP contribution in [-0.4, -0.2) is 52.4 Å². The first-order valence-electron chi connectivity index (χ1n) is 12.9. The van der Waals surface area contributed by atoms with Crippen molar-refractivity contribution in [1.82, 2.24) is 20.1 Å². The van der Waals surface area contributed by atoms with Gasteiger partial charge in [-0.1, -0.05) is 19.8 Å². The molecule has 0 bridgehead atoms. The number of fused-ring (bicyclic) bond motifs is 2. The molecule has 1 aliphatic carbocycles. The maximum Gasteiger partial charge on any atom is 0.270 e. The molecule has 1 spiro atoms. The number of nitrogens with zero attached hydrogens (tertiary/aromatic N) is 3. The molecule has 188 valence electrons. The second-order valence-corrected chi connectivity index (χ2v) is 10.4. The van der Waals surface area contributed by atoms with E-state index in [2.05, 4.69) is 33.0 Å². The molecule has 2 aliphatic heterocycles. The molecule has 2 aromatic heterocycles. The van der Waals surface area contributed by atoms with Gasteiger partial charge in [-0.3, -0.25) is 14.3 Å². The molecule has 1 saturated heterocycles. The highest BCUT2D eigenvalue weighted by Gasteiger charge is 2.41. The van der Waals surface area contributed by atoms with Crippen molar-refractivity contribution in [2.24, 2.45) is 11.8 Å². The summed E-state index contributed by atoms with van der Waals surface area (Å²) in [6, 6.07) is 2.99. The summed E-state index contributed by atoms with van der Waals surface area (Å²) < 4.78 is 7.21. The van der Waals surface area contributed by atoms with E-state index in [0.717, 1.165) is 64.0 Å². The van der Waals surface area contributed by atoms with Gasteiger partial charge in [0.25, 0.3) is 5.91 Å². The number of ether oxygens (including phenoxy) is 1. The Morgan fingerprint density at radius 3 is 2.77 bits per heavy atom. The summed E-state index contributed by atoms with van der Waals surface area (Å²) in [7, 11) is 0. The van der Waals surface area contributed by atoms with Gasteiger partial charge in [-0.2, -0.15) is 5.10 Å². The average Bonchev–Trinajstić information content (AvgIpc) is 3.49. The van der Waals surface area contributed by atoms with E-state index in [1.807, 2.05) is 19.2 Å². The van der Waals surface area contributed by atoms with Crippen LogP contribution in [0.1, 0.15) is 68.4 Å². The second kappa shape index (κ2) is 9.97. The molecule has 3 aliphatic rings. The molecule has 0 aromatic carbocycles. The Balaban J connectivity index is 1.33. The average molecular weight is 481 g/mol. The van der Waals surface area contributed by atoms with Gasteiger partial charge in [-0.25, -0.2) is 4.98 Å². The molecule has 4 heterocycles. The normalized spacial score (nSPS) is 23.8. The van der Waals surface area contributed by atoms with Gasteiger partial charge in [0, 0.05) is 61.4 Å². The van der Waals surface area contributed by atoms with E-state index in [9.17, 15) is 9.59 Å². The number of nitrogens with one attached hydrogen (secondary N) is 3. The van der Waals surface area contributed by atoms with Gasteiger partial charge < -0.3 is 20.7 Å². The zero-order valence-corrected chi connectivity index (χ0v) is 20.7. The Kier molecular flexibility index (Phi) is 6.77. The van der Waals surface area contributed by atoms with Gasteiger partial charge in [-0.15, -0.1) is 0 Å². The predicted octanol–water partition coefficient (Wildman–Crippen LogP) is 3.34. The first-order valence-corrected chi connectivity index (χ1v) is 12.9. The lowest BCUT2D eigenvalue weighted by atomic mass is 9.76. The van der Waals surface area contributed by atoms with E-state index in [4.69, 9.17) is 4.74 Å². The van der Waals surface area contributed by atoms with E-state index in [-0.39, 0.29) is 23.1 Å². The van der Waals surface area contributed by atoms with Crippen molar-refractivity contribution in [2.45, 2.75) is 70.4 Å². The minimum Gasteiger partial charge on any atom is -0.384 e. The summed E-state index contributed by atoms with van der Waals surface area (Å²) in [4.78, 5) is 31.2. The molecular weight excluding hydrogens is 444 g/mol. The van der Waals surface area contributed by atoms with Crippen LogP contribution in [-0.2, 0) is 21.5 Å². The van der Waals surface area contributed by atoms with Gasteiger partial charge in [0.15, 0.2) is 0 Å². The number of carbonyl (C=O) groups excluding carboxylic acids is 2. The third-order valence-corrected chi connectivity index (χ3v) is 8.14. The van der Waals surface area contributed by atoms with Crippen LogP contribution in [0.5, 0.6) is 0 Å². The third-order valence-electron chi connectivity index (χ3n) is 8.14. The van der Waals surface area contributed by atoms with Gasteiger partial charge in [-0.05, 0) is 50.5 Å². The molecule has 3 N–H and O–H groups in total. The number of hydrogen-bond donors (Lipinski definition) is 3. The molecule has 1 atom stereocenters. The Morgan fingerprint density at radius 2 is 2.03 bits per heavy atom. The largest absolute Gasteiger partial charge is 0.384 e. The summed E-state index contributed by atoms with van der Waals surface area (Å²) >= 11 is 0. The molecule has 9 heteroatoms. The summed E-state index contributed by atoms with van der Waals surface area (Å²) in [5, 5.41) is 13.7. The number of amides is 2. The van der Waals surface area contributed by atoms with Crippen LogP contribution in [0.25, 0.3) is 0 Å². The van der Waals surface area contributed by atoms with Gasteiger partial charge in [0.05, 0.1) is 0 Å². The highest BCUT2D eigenvalue weighted by Crippen LogP contribution is 2.43. The quantitative estimate of drug-likeness (QED) is 0.585. The first-order chi connectivity index (χ1) is 17.0. The van der Waals surface area contributed by atoms with Crippen molar-refractivity contribution in [2.75, 3.05) is 30.4 Å². The highest BCUT2D eigenvalue weighted by molar-refractivity contribution is 6.00. The molecular formula is C26H36N6O3. The smallest absolute Gasteiger partial charge is 0.270 e. The van der Waals surface area contributed by atoms with Crippen LogP contribution in [0.4, 0.5) is 11.5 Å². The molecule has 0 radical (unpaired) electrons. The Bertz CT molecular complexity index is 1070. The monoisotopic (exact) mass is 480 g/mol. The molecule has 9 nitrogen and oxygen atoms in total. The fourth-order valence-electron chi connectivity index (χ4n) is 5.87. The third kappa shape index (κ3) is 4.78. The van der Waals surface area contributed by atoms with E-state index < -0.39 is 6.04 Å². The Morgan fingerprint density at radius 1 is 1.26 bits per heavy atom. The van der Waals surface area contributed by atoms with Crippen LogP contribution in [0.15, 0.2) is 24.5 Å². The van der Waals surface area contributed by atoms with Crippen molar-refractivity contribution in [1.29, 1.82) is 0 Å². The SMILES string of the molecule is CCn1nccc1C(=O)N[C@H](C(=O)Nc1cc2c(cn1)C1(CCOCC1)CN2)C1CCC(C)CC1. The Hall–Kier alpha value is -2.94. The minimum absolute atomic E-state index is 0.0701. The molecule has 35 heavy (non-hydrogen) atoms. The van der Waals surface area contributed by atoms with Crippen LogP contribution in [0.3, 0.4) is 0 Å². The lowest BCUT2D eigenvalue weighted by Gasteiger charge is -2.33. The summed E-state index contributed by atoms with van der Waals surface area (Å²) in [6.07, 6.45) is 9.40. The van der Waals surface area contributed by atoms with E-state index in [0.29, 0.717) is 24.0 Å². The molecule has 1 saturated carbocycles. The fraction of sp³-hybridized carbons (Fsp3) is 0.615. The zero-order valence-electron chi connectivity index (χ0n) is 20.7. The lowest BCUT2D eigenvalue weighted by molar-refractivity contribution is -0.119. The van der Waals surface area contributed by atoms with Crippen molar-refractivity contribution in [3.05, 3.63) is 35.8 Å². The zero-order chi connectivity index (χ0) is 24.4. The van der Waals surface area contributed by atoms with Crippen LogP contribution in [0.2, 0.25) is 0 Å². The number of hydrogen-bond acceptors (Lipinski definition) is 6. The van der Waals surface area contributed by atoms with Gasteiger partial charge >= 0.3 is 0 Å². The molecule has 2 fully saturated rings. The van der Waals surface area contributed by atoms with Gasteiger partial charge in [0.1, 0.15) is 17.6 Å². The maximum atomic E-state index is 13.5. The fourth-order valence-corrected chi connectivity index (χ4v) is 5.87. The van der Waals surface area contributed by atoms with Crippen LogP contribution < -0.4 is 16.0 Å². The predicted molar refractivity (Wildman–Crippen MR) is 133 cm³/mol. The molecule has 5 rings (SSSR count). The number of rotatable bonds is 6. The summed E-state index contributed by atoms with van der Waals surface area (Å²) in [6.45, 7) is 7.17. The van der Waals surface area contributed by atoms with Crippen molar-refractivity contribution in [3.63, 3.8) is 0 Å². The standard InChI is InChI=1S/C26H36N6O3/c1-3-32-21(8-11-29-32)24(33)31-23(18-6-4-17(2)5-7-18)25(34)30-22-14-20-19(15-27-22)26(16-28-20)9-12-35-13-10-26/h8,11,14-15,17-18,23,28H,3-7,9-10,12-13,16H2,1-2H3,(H,31,33)(H,27,30,34)/t17?,18?,23-/m0/s1. The molecule has 0 unspecified atom stereocenters. The van der Waals surface area contributed by atoms with Crippen LogP contribution >= 0.6 is 0 Å². The van der Waals surface area contributed by atoms with Crippen molar-refractivity contribution >= 4 is 23.3 Å². The Labute approximate surface area is 206 Å². The van der Waals surface area contributed by atoms with Crippen LogP contribution in [0, 0.1) is 11.8 Å². The topological polar surface area (TPSA) is 110 Å². The second-order valence-electron chi connectivity index (χ2n) is 10.4. The molecule has 2 amide bonds. The number of aromatic nitrogens is 3. The lowest BCUT2D eigenvalue weighted by Crippen LogP contribution is -2.49. The van der Waals surface area contributed by atoms with Crippen molar-refractivity contribution < 1.29 is 14.3 Å². The number of pyridine rings is 1. The summed E-state index contributed by atoms with van der Waals surface area (Å²) in [5.41, 5.74) is 2.77. The first kappa shape index (κ1) is 23.8. The minimum atomic E-state index is -0.625. The number of anilines is 2. The molecule has 2 aromatic rings. The van der Waals surface area contributed by atoms with E-state index in [1.165, 1.54) is 5.56 Å². The van der Waals surface area contributed by atoms with Gasteiger partial charge in [0.2, 0.25) is 5.91 Å². The van der Waals surface area contributed by atoms with Crippen molar-refractivity contribution in [3.8, 4) is 0 Å². The van der Waals surface area contributed by atoms with E-state index in [1.54, 1.807) is 16.9 Å². The number of aryl methyl sites for hydroxylation is 1. The summed E-state index contributed by atoms with van der Waals surface area (Å²) in [5.74, 6) is 0.757. The van der Waals surface area contributed by atoms with E-state index >= 15 is 0 Å². The number of carbonyl (C=O) groups is 2.